The summed E-state index contributed by atoms with van der Waals surface area (Å²) in [4.78, 5) is 49.2. The standard InChI is InChI=1S/C33H42N4O6/c1-23(17-19-37(30(39)42-32(3,4)5)31(40)43-33(6,7)8)20-26(29(38)41-24(2)25-14-10-9-11-15-25)27-21-36(22-35-27)28-16-12-13-18-34-28/h9-16,18,20-24H,17,19H2,1-8H3/t23-,24-/m1/s1. The number of benzene rings is 1. The Morgan fingerprint density at radius 3 is 2.05 bits per heavy atom. The molecule has 2 amide bonds. The van der Waals surface area contributed by atoms with Crippen LogP contribution in [0.15, 0.2) is 73.3 Å². The molecule has 3 rings (SSSR count). The fourth-order valence-corrected chi connectivity index (χ4v) is 3.96. The van der Waals surface area contributed by atoms with Crippen LogP contribution in [0, 0.1) is 5.92 Å². The minimum absolute atomic E-state index is 0.00656. The van der Waals surface area contributed by atoms with E-state index in [0.717, 1.165) is 10.5 Å². The van der Waals surface area contributed by atoms with E-state index in [0.29, 0.717) is 17.9 Å². The lowest BCUT2D eigenvalue weighted by atomic mass is 10.0. The van der Waals surface area contributed by atoms with Gasteiger partial charge in [0.1, 0.15) is 29.5 Å². The summed E-state index contributed by atoms with van der Waals surface area (Å²) >= 11 is 0. The summed E-state index contributed by atoms with van der Waals surface area (Å²) in [5.41, 5.74) is -0.0961. The van der Waals surface area contributed by atoms with Gasteiger partial charge < -0.3 is 14.2 Å². The lowest BCUT2D eigenvalue weighted by Crippen LogP contribution is -2.44. The Bertz CT molecular complexity index is 1380. The van der Waals surface area contributed by atoms with Crippen LogP contribution in [0.3, 0.4) is 0 Å². The monoisotopic (exact) mass is 590 g/mol. The van der Waals surface area contributed by atoms with Crippen molar-refractivity contribution >= 4 is 23.7 Å². The van der Waals surface area contributed by atoms with Gasteiger partial charge in [-0.15, -0.1) is 0 Å². The van der Waals surface area contributed by atoms with Crippen LogP contribution < -0.4 is 0 Å². The molecule has 2 atom stereocenters. The van der Waals surface area contributed by atoms with Gasteiger partial charge in [0.05, 0.1) is 11.3 Å². The number of rotatable bonds is 9. The number of carbonyl (C=O) groups is 3. The second-order valence-corrected chi connectivity index (χ2v) is 12.3. The smallest absolute Gasteiger partial charge is 0.419 e. The van der Waals surface area contributed by atoms with Crippen LogP contribution in [-0.2, 0) is 19.0 Å². The van der Waals surface area contributed by atoms with Gasteiger partial charge >= 0.3 is 18.2 Å². The summed E-state index contributed by atoms with van der Waals surface area (Å²) in [6.07, 6.45) is 4.93. The number of hydrogen-bond donors (Lipinski definition) is 0. The van der Waals surface area contributed by atoms with E-state index < -0.39 is 35.5 Å². The van der Waals surface area contributed by atoms with Crippen LogP contribution in [0.4, 0.5) is 9.59 Å². The maximum absolute atomic E-state index is 13.6. The Morgan fingerprint density at radius 2 is 1.49 bits per heavy atom. The van der Waals surface area contributed by atoms with Gasteiger partial charge in [-0.25, -0.2) is 29.3 Å². The lowest BCUT2D eigenvalue weighted by molar-refractivity contribution is -0.141. The molecule has 0 unspecified atom stereocenters. The van der Waals surface area contributed by atoms with Crippen LogP contribution in [0.2, 0.25) is 0 Å². The average Bonchev–Trinajstić information content (AvgIpc) is 3.41. The fraction of sp³-hybridized carbons (Fsp3) is 0.424. The molecule has 230 valence electrons. The first kappa shape index (κ1) is 33.0. The number of allylic oxidation sites excluding steroid dienone is 1. The Hall–Kier alpha value is -4.47. The first-order chi connectivity index (χ1) is 20.1. The number of imide groups is 1. The molecule has 10 heteroatoms. The van der Waals surface area contributed by atoms with Crippen molar-refractivity contribution in [2.75, 3.05) is 6.54 Å². The highest BCUT2D eigenvalue weighted by atomic mass is 16.6. The third-order valence-corrected chi connectivity index (χ3v) is 6.03. The normalized spacial score (nSPS) is 13.5. The second kappa shape index (κ2) is 14.1. The number of hydrogen-bond acceptors (Lipinski definition) is 8. The number of esters is 1. The zero-order valence-corrected chi connectivity index (χ0v) is 26.2. The minimum atomic E-state index is -0.804. The summed E-state index contributed by atoms with van der Waals surface area (Å²) in [6, 6.07) is 14.9. The molecule has 2 heterocycles. The molecule has 0 aliphatic carbocycles. The highest BCUT2D eigenvalue weighted by molar-refractivity contribution is 6.15. The molecule has 0 saturated carbocycles. The Labute approximate surface area is 253 Å². The fourth-order valence-electron chi connectivity index (χ4n) is 3.96. The topological polar surface area (TPSA) is 113 Å². The average molecular weight is 591 g/mol. The summed E-state index contributed by atoms with van der Waals surface area (Å²) in [7, 11) is 0. The first-order valence-electron chi connectivity index (χ1n) is 14.3. The molecule has 0 aliphatic heterocycles. The molecule has 1 aromatic carbocycles. The predicted octanol–water partition coefficient (Wildman–Crippen LogP) is 7.15. The minimum Gasteiger partial charge on any atom is -0.454 e. The Balaban J connectivity index is 1.87. The van der Waals surface area contributed by atoms with E-state index in [2.05, 4.69) is 9.97 Å². The zero-order valence-electron chi connectivity index (χ0n) is 26.2. The van der Waals surface area contributed by atoms with Gasteiger partial charge in [-0.2, -0.15) is 0 Å². The largest absolute Gasteiger partial charge is 0.454 e. The Kier molecular flexibility index (Phi) is 10.9. The van der Waals surface area contributed by atoms with Gasteiger partial charge in [-0.1, -0.05) is 49.4 Å². The summed E-state index contributed by atoms with van der Waals surface area (Å²) < 4.78 is 18.5. The molecule has 10 nitrogen and oxygen atoms in total. The van der Waals surface area contributed by atoms with Gasteiger partial charge in [-0.05, 0) is 78.5 Å². The summed E-state index contributed by atoms with van der Waals surface area (Å²) in [5, 5.41) is 0. The van der Waals surface area contributed by atoms with Gasteiger partial charge in [-0.3, -0.25) is 4.57 Å². The molecule has 43 heavy (non-hydrogen) atoms. The SMILES string of the molecule is C[C@@H](C=C(C(=O)O[C@H](C)c1ccccc1)c1cn(-c2ccccn2)cn1)CCN(C(=O)OC(C)(C)C)C(=O)OC(C)(C)C. The highest BCUT2D eigenvalue weighted by Gasteiger charge is 2.31. The van der Waals surface area contributed by atoms with E-state index in [1.165, 1.54) is 0 Å². The van der Waals surface area contributed by atoms with Crippen LogP contribution in [0.5, 0.6) is 0 Å². The van der Waals surface area contributed by atoms with E-state index in [1.54, 1.807) is 77.8 Å². The quantitative estimate of drug-likeness (QED) is 0.147. The summed E-state index contributed by atoms with van der Waals surface area (Å²) in [5.74, 6) is -0.183. The van der Waals surface area contributed by atoms with E-state index >= 15 is 0 Å². The molecular formula is C33H42N4O6. The number of amides is 2. The van der Waals surface area contributed by atoms with Crippen LogP contribution in [-0.4, -0.2) is 55.3 Å². The first-order valence-corrected chi connectivity index (χ1v) is 14.3. The molecule has 0 N–H and O–H groups in total. The molecule has 0 fully saturated rings. The molecule has 2 aromatic heterocycles. The molecule has 0 spiro atoms. The van der Waals surface area contributed by atoms with Gasteiger partial charge in [0.15, 0.2) is 0 Å². The highest BCUT2D eigenvalue weighted by Crippen LogP contribution is 2.25. The molecular weight excluding hydrogens is 548 g/mol. The number of imidazole rings is 1. The van der Waals surface area contributed by atoms with Gasteiger partial charge in [0.2, 0.25) is 0 Å². The maximum atomic E-state index is 13.6. The molecule has 0 bridgehead atoms. The van der Waals surface area contributed by atoms with Crippen molar-refractivity contribution in [3.8, 4) is 5.82 Å². The molecule has 0 saturated heterocycles. The molecule has 0 aliphatic rings. The number of carbonyl (C=O) groups excluding carboxylic acids is 3. The van der Waals surface area contributed by atoms with Crippen molar-refractivity contribution in [3.05, 3.63) is 84.6 Å². The molecule has 3 aromatic rings. The van der Waals surface area contributed by atoms with E-state index in [-0.39, 0.29) is 18.0 Å². The van der Waals surface area contributed by atoms with E-state index in [9.17, 15) is 14.4 Å². The van der Waals surface area contributed by atoms with Crippen LogP contribution in [0.1, 0.15) is 79.2 Å². The third kappa shape index (κ3) is 10.4. The number of aromatic nitrogens is 3. The lowest BCUT2D eigenvalue weighted by Gasteiger charge is -2.29. The number of pyridine rings is 1. The van der Waals surface area contributed by atoms with Crippen molar-refractivity contribution in [1.29, 1.82) is 0 Å². The third-order valence-electron chi connectivity index (χ3n) is 6.03. The second-order valence-electron chi connectivity index (χ2n) is 12.3. The number of nitrogens with zero attached hydrogens (tertiary/aromatic N) is 4. The van der Waals surface area contributed by atoms with Crippen molar-refractivity contribution in [2.45, 2.75) is 79.1 Å². The van der Waals surface area contributed by atoms with Crippen molar-refractivity contribution < 1.29 is 28.6 Å². The van der Waals surface area contributed by atoms with Crippen molar-refractivity contribution in [3.63, 3.8) is 0 Å². The maximum Gasteiger partial charge on any atom is 0.419 e. The predicted molar refractivity (Wildman–Crippen MR) is 163 cm³/mol. The number of ether oxygens (including phenoxy) is 3. The van der Waals surface area contributed by atoms with Crippen LogP contribution >= 0.6 is 0 Å². The van der Waals surface area contributed by atoms with Crippen molar-refractivity contribution in [1.82, 2.24) is 19.4 Å². The van der Waals surface area contributed by atoms with E-state index in [1.807, 2.05) is 55.5 Å². The Morgan fingerprint density at radius 1 is 0.884 bits per heavy atom. The van der Waals surface area contributed by atoms with E-state index in [4.69, 9.17) is 14.2 Å². The van der Waals surface area contributed by atoms with Crippen LogP contribution in [0.25, 0.3) is 11.4 Å². The van der Waals surface area contributed by atoms with Gasteiger partial charge in [0.25, 0.3) is 0 Å². The van der Waals surface area contributed by atoms with Crippen molar-refractivity contribution in [2.24, 2.45) is 5.92 Å². The zero-order chi connectivity index (χ0) is 31.8. The summed E-state index contributed by atoms with van der Waals surface area (Å²) in [6.45, 7) is 14.0. The molecule has 0 radical (unpaired) electrons. The van der Waals surface area contributed by atoms with Gasteiger partial charge in [0, 0.05) is 18.9 Å².